The third-order valence-electron chi connectivity index (χ3n) is 5.85. The number of carbonyl (C=O) groups excluding carboxylic acids is 2. The molecule has 0 radical (unpaired) electrons. The molecule has 0 spiro atoms. The number of piperazine rings is 1. The highest BCUT2D eigenvalue weighted by Crippen LogP contribution is 2.22. The van der Waals surface area contributed by atoms with Gasteiger partial charge in [-0.05, 0) is 47.4 Å². The lowest BCUT2D eigenvalue weighted by Crippen LogP contribution is -2.50. The van der Waals surface area contributed by atoms with Gasteiger partial charge in [-0.3, -0.25) is 9.59 Å². The van der Waals surface area contributed by atoms with E-state index in [2.05, 4.69) is 26.1 Å². The summed E-state index contributed by atoms with van der Waals surface area (Å²) in [6.45, 7) is 7.50. The Labute approximate surface area is 201 Å². The van der Waals surface area contributed by atoms with Crippen LogP contribution in [-0.2, 0) is 20.2 Å². The number of nitrogens with one attached hydrogen (secondary N) is 1. The maximum Gasteiger partial charge on any atom is 0.251 e. The summed E-state index contributed by atoms with van der Waals surface area (Å²) in [5.74, 6) is -0.356. The number of hydrogen-bond donors (Lipinski definition) is 1. The highest BCUT2D eigenvalue weighted by Gasteiger charge is 2.30. The van der Waals surface area contributed by atoms with Crippen LogP contribution in [0.15, 0.2) is 53.4 Å². The molecule has 1 aliphatic heterocycles. The molecule has 3 rings (SSSR count). The second-order valence-electron chi connectivity index (χ2n) is 9.25. The van der Waals surface area contributed by atoms with Gasteiger partial charge in [-0.2, -0.15) is 9.57 Å². The fourth-order valence-corrected chi connectivity index (χ4v) is 5.12. The molecule has 9 heteroatoms. The van der Waals surface area contributed by atoms with E-state index in [1.54, 1.807) is 17.0 Å². The molecule has 0 aliphatic carbocycles. The van der Waals surface area contributed by atoms with Crippen molar-refractivity contribution in [2.45, 2.75) is 37.5 Å². The van der Waals surface area contributed by atoms with Crippen molar-refractivity contribution in [2.75, 3.05) is 32.7 Å². The van der Waals surface area contributed by atoms with Crippen LogP contribution in [0.2, 0.25) is 0 Å². The zero-order chi connectivity index (χ0) is 24.9. The molecule has 1 saturated heterocycles. The first kappa shape index (κ1) is 25.4. The van der Waals surface area contributed by atoms with E-state index in [-0.39, 0.29) is 61.3 Å². The first-order valence-corrected chi connectivity index (χ1v) is 12.6. The second-order valence-corrected chi connectivity index (χ2v) is 11.2. The van der Waals surface area contributed by atoms with Crippen LogP contribution >= 0.6 is 0 Å². The summed E-state index contributed by atoms with van der Waals surface area (Å²) < 4.78 is 27.0. The SMILES string of the molecule is CC(C)(C)c1ccc(C(=O)NCCC(=O)N2CCN(S(=O)(=O)c3ccc(C#N)cc3)CC2)cc1. The Morgan fingerprint density at radius 3 is 2.09 bits per heavy atom. The minimum Gasteiger partial charge on any atom is -0.352 e. The van der Waals surface area contributed by atoms with E-state index >= 15 is 0 Å². The van der Waals surface area contributed by atoms with Gasteiger partial charge >= 0.3 is 0 Å². The lowest BCUT2D eigenvalue weighted by atomic mass is 9.87. The van der Waals surface area contributed by atoms with Crippen LogP contribution in [0.3, 0.4) is 0 Å². The Kier molecular flexibility index (Phi) is 7.75. The summed E-state index contributed by atoms with van der Waals surface area (Å²) in [5.41, 5.74) is 2.08. The van der Waals surface area contributed by atoms with Crippen molar-refractivity contribution >= 4 is 21.8 Å². The number of rotatable bonds is 6. The van der Waals surface area contributed by atoms with Gasteiger partial charge in [0.05, 0.1) is 16.5 Å². The molecule has 0 atom stereocenters. The second kappa shape index (κ2) is 10.4. The summed E-state index contributed by atoms with van der Waals surface area (Å²) in [5, 5.41) is 11.7. The molecule has 1 aliphatic rings. The summed E-state index contributed by atoms with van der Waals surface area (Å²) >= 11 is 0. The van der Waals surface area contributed by atoms with Gasteiger partial charge in [0.25, 0.3) is 5.91 Å². The Morgan fingerprint density at radius 1 is 0.971 bits per heavy atom. The van der Waals surface area contributed by atoms with Gasteiger partial charge in [0, 0.05) is 44.7 Å². The summed E-state index contributed by atoms with van der Waals surface area (Å²) in [6, 6.07) is 15.2. The van der Waals surface area contributed by atoms with Gasteiger partial charge in [0.2, 0.25) is 15.9 Å². The third kappa shape index (κ3) is 6.01. The number of nitriles is 1. The number of benzene rings is 2. The molecule has 34 heavy (non-hydrogen) atoms. The van der Waals surface area contributed by atoms with Crippen LogP contribution in [0.4, 0.5) is 0 Å². The van der Waals surface area contributed by atoms with E-state index in [4.69, 9.17) is 5.26 Å². The number of sulfonamides is 1. The van der Waals surface area contributed by atoms with Crippen molar-refractivity contribution in [2.24, 2.45) is 0 Å². The molecule has 2 aromatic carbocycles. The Balaban J connectivity index is 1.46. The summed E-state index contributed by atoms with van der Waals surface area (Å²) in [6.07, 6.45) is 0.147. The third-order valence-corrected chi connectivity index (χ3v) is 7.76. The van der Waals surface area contributed by atoms with E-state index in [0.717, 1.165) is 5.56 Å². The lowest BCUT2D eigenvalue weighted by Gasteiger charge is -2.34. The van der Waals surface area contributed by atoms with E-state index < -0.39 is 10.0 Å². The van der Waals surface area contributed by atoms with Crippen molar-refractivity contribution in [3.05, 3.63) is 65.2 Å². The van der Waals surface area contributed by atoms with E-state index in [1.165, 1.54) is 28.6 Å². The standard InChI is InChI=1S/C25H30N4O4S/c1-25(2,3)21-8-6-20(7-9-21)24(31)27-13-12-23(30)28-14-16-29(17-15-28)34(32,33)22-10-4-19(18-26)5-11-22/h4-11H,12-17H2,1-3H3,(H,27,31). The number of amides is 2. The molecule has 1 heterocycles. The highest BCUT2D eigenvalue weighted by molar-refractivity contribution is 7.89. The molecule has 8 nitrogen and oxygen atoms in total. The number of nitrogens with zero attached hydrogens (tertiary/aromatic N) is 3. The fourth-order valence-electron chi connectivity index (χ4n) is 3.69. The van der Waals surface area contributed by atoms with Gasteiger partial charge in [-0.1, -0.05) is 32.9 Å². The molecule has 1 N–H and O–H groups in total. The quantitative estimate of drug-likeness (QED) is 0.680. The highest BCUT2D eigenvalue weighted by atomic mass is 32.2. The van der Waals surface area contributed by atoms with E-state index in [9.17, 15) is 18.0 Å². The molecule has 2 amide bonds. The van der Waals surface area contributed by atoms with Crippen LogP contribution in [-0.4, -0.2) is 62.2 Å². The van der Waals surface area contributed by atoms with E-state index in [1.807, 2.05) is 18.2 Å². The largest absolute Gasteiger partial charge is 0.352 e. The van der Waals surface area contributed by atoms with Gasteiger partial charge in [-0.25, -0.2) is 8.42 Å². The maximum absolute atomic E-state index is 12.8. The molecule has 180 valence electrons. The van der Waals surface area contributed by atoms with Crippen molar-refractivity contribution in [3.63, 3.8) is 0 Å². The predicted molar refractivity (Wildman–Crippen MR) is 129 cm³/mol. The maximum atomic E-state index is 12.8. The van der Waals surface area contributed by atoms with Crippen LogP contribution in [0.1, 0.15) is 48.7 Å². The number of hydrogen-bond acceptors (Lipinski definition) is 5. The zero-order valence-electron chi connectivity index (χ0n) is 19.7. The minimum absolute atomic E-state index is 0.00674. The molecule has 0 aromatic heterocycles. The summed E-state index contributed by atoms with van der Waals surface area (Å²) in [7, 11) is -3.68. The van der Waals surface area contributed by atoms with Crippen molar-refractivity contribution in [3.8, 4) is 6.07 Å². The van der Waals surface area contributed by atoms with Gasteiger partial charge in [0.15, 0.2) is 0 Å². The normalized spacial score (nSPS) is 14.9. The molecular weight excluding hydrogens is 452 g/mol. The molecule has 0 unspecified atom stereocenters. The topological polar surface area (TPSA) is 111 Å². The lowest BCUT2D eigenvalue weighted by molar-refractivity contribution is -0.132. The van der Waals surface area contributed by atoms with Gasteiger partial charge < -0.3 is 10.2 Å². The van der Waals surface area contributed by atoms with Crippen molar-refractivity contribution < 1.29 is 18.0 Å². The smallest absolute Gasteiger partial charge is 0.251 e. The first-order chi connectivity index (χ1) is 16.0. The first-order valence-electron chi connectivity index (χ1n) is 11.2. The van der Waals surface area contributed by atoms with Crippen LogP contribution < -0.4 is 5.32 Å². The van der Waals surface area contributed by atoms with Crippen LogP contribution in [0.5, 0.6) is 0 Å². The molecule has 0 bridgehead atoms. The van der Waals surface area contributed by atoms with Crippen molar-refractivity contribution in [1.82, 2.24) is 14.5 Å². The minimum atomic E-state index is -3.68. The number of carbonyl (C=O) groups is 2. The molecule has 2 aromatic rings. The Morgan fingerprint density at radius 2 is 1.56 bits per heavy atom. The monoisotopic (exact) mass is 482 g/mol. The van der Waals surface area contributed by atoms with Gasteiger partial charge in [0.1, 0.15) is 0 Å². The zero-order valence-corrected chi connectivity index (χ0v) is 20.6. The fraction of sp³-hybridized carbons (Fsp3) is 0.400. The predicted octanol–water partition coefficient (Wildman–Crippen LogP) is 2.51. The Hall–Kier alpha value is -3.22. The molecule has 0 saturated carbocycles. The Bertz CT molecular complexity index is 1170. The summed E-state index contributed by atoms with van der Waals surface area (Å²) in [4.78, 5) is 26.7. The van der Waals surface area contributed by atoms with Gasteiger partial charge in [-0.15, -0.1) is 0 Å². The average Bonchev–Trinajstić information content (AvgIpc) is 2.83. The molecular formula is C25H30N4O4S. The van der Waals surface area contributed by atoms with Crippen molar-refractivity contribution in [1.29, 1.82) is 5.26 Å². The average molecular weight is 483 g/mol. The molecule has 1 fully saturated rings. The van der Waals surface area contributed by atoms with Crippen LogP contribution in [0.25, 0.3) is 0 Å². The van der Waals surface area contributed by atoms with E-state index in [0.29, 0.717) is 11.1 Å². The van der Waals surface area contributed by atoms with Crippen LogP contribution in [0, 0.1) is 11.3 Å².